The predicted molar refractivity (Wildman–Crippen MR) is 309 cm³/mol. The van der Waals surface area contributed by atoms with Crippen LogP contribution in [0.5, 0.6) is 11.5 Å². The molecule has 0 aromatic heterocycles. The van der Waals surface area contributed by atoms with Gasteiger partial charge in [0.15, 0.2) is 55.0 Å². The number of phenols is 2. The van der Waals surface area contributed by atoms with Crippen LogP contribution in [-0.2, 0) is 109 Å². The molecule has 10 saturated heterocycles. The Morgan fingerprint density at radius 3 is 1.98 bits per heavy atom. The van der Waals surface area contributed by atoms with Crippen molar-refractivity contribution in [2.45, 2.75) is 283 Å². The molecule has 534 valence electrons. The first-order valence-corrected chi connectivity index (χ1v) is 32.2. The molecule has 94 heavy (non-hydrogen) atoms. The summed E-state index contributed by atoms with van der Waals surface area (Å²) < 4.78 is 137. The third-order valence-electron chi connectivity index (χ3n) is 19.4. The Bertz CT molecular complexity index is 2790. The van der Waals surface area contributed by atoms with Crippen molar-refractivity contribution >= 4 is 35.1 Å². The van der Waals surface area contributed by atoms with Gasteiger partial charge >= 0.3 is 17.9 Å². The Labute approximate surface area is 551 Å². The summed E-state index contributed by atoms with van der Waals surface area (Å²) in [6.07, 6.45) is -34.0. The molecular formula is C60H88Cl2O32. The highest BCUT2D eigenvalue weighted by atomic mass is 35.5. The number of halogens is 2. The Morgan fingerprint density at radius 1 is 0.638 bits per heavy atom. The lowest BCUT2D eigenvalue weighted by molar-refractivity contribution is -0.439. The topological polar surface area (TPSA) is 399 Å². The van der Waals surface area contributed by atoms with Crippen LogP contribution in [-0.4, -0.2) is 289 Å². The van der Waals surface area contributed by atoms with Gasteiger partial charge in [0, 0.05) is 34.2 Å². The lowest BCUT2D eigenvalue weighted by Gasteiger charge is -2.51. The number of aliphatic hydroxyl groups is 6. The molecule has 10 heterocycles. The summed E-state index contributed by atoms with van der Waals surface area (Å²) in [7, 11) is 4.10. The van der Waals surface area contributed by atoms with Crippen LogP contribution in [0.15, 0.2) is 0 Å². The Morgan fingerprint density at radius 2 is 1.32 bits per heavy atom. The van der Waals surface area contributed by atoms with E-state index in [1.807, 2.05) is 0 Å². The van der Waals surface area contributed by atoms with Crippen LogP contribution in [0.2, 0.25) is 10.0 Å². The van der Waals surface area contributed by atoms with Crippen molar-refractivity contribution in [1.82, 2.24) is 0 Å². The zero-order chi connectivity index (χ0) is 68.2. The van der Waals surface area contributed by atoms with Crippen LogP contribution in [0, 0.1) is 12.8 Å². The van der Waals surface area contributed by atoms with Gasteiger partial charge in [0.2, 0.25) is 6.29 Å². The first-order valence-electron chi connectivity index (χ1n) is 31.5. The molecule has 32 atom stereocenters. The van der Waals surface area contributed by atoms with E-state index in [2.05, 4.69) is 0 Å². The van der Waals surface area contributed by atoms with E-state index in [0.717, 1.165) is 0 Å². The van der Waals surface area contributed by atoms with Crippen molar-refractivity contribution in [3.63, 3.8) is 0 Å². The fourth-order valence-electron chi connectivity index (χ4n) is 14.5. The number of benzene rings is 1. The van der Waals surface area contributed by atoms with E-state index in [-0.39, 0.29) is 49.9 Å². The maximum atomic E-state index is 13.5. The van der Waals surface area contributed by atoms with Crippen molar-refractivity contribution in [3.8, 4) is 11.5 Å². The number of aromatic hydroxyl groups is 2. The number of esters is 2. The molecule has 0 aliphatic carbocycles. The highest BCUT2D eigenvalue weighted by Crippen LogP contribution is 2.53. The van der Waals surface area contributed by atoms with Gasteiger partial charge in [0.1, 0.15) is 102 Å². The minimum atomic E-state index is -2.03. The molecule has 10 aliphatic heterocycles. The zero-order valence-electron chi connectivity index (χ0n) is 54.1. The van der Waals surface area contributed by atoms with Gasteiger partial charge in [-0.05, 0) is 61.0 Å². The van der Waals surface area contributed by atoms with Gasteiger partial charge in [0.25, 0.3) is 5.97 Å². The van der Waals surface area contributed by atoms with Crippen LogP contribution < -0.4 is 0 Å². The molecule has 0 bridgehead atoms. The summed E-state index contributed by atoms with van der Waals surface area (Å²) in [5.41, 5.74) is -3.55. The van der Waals surface area contributed by atoms with E-state index in [0.29, 0.717) is 0 Å². The van der Waals surface area contributed by atoms with Gasteiger partial charge in [-0.1, -0.05) is 37.0 Å². The summed E-state index contributed by atoms with van der Waals surface area (Å²) >= 11 is 12.1. The molecule has 10 fully saturated rings. The van der Waals surface area contributed by atoms with Crippen LogP contribution in [0.4, 0.5) is 0 Å². The number of rotatable bonds is 17. The average molecular weight is 1390 g/mol. The van der Waals surface area contributed by atoms with Crippen molar-refractivity contribution in [3.05, 3.63) is 21.2 Å². The standard InChI is InChI=1S/C60H88Cl2O32/c1-20(2)52(70)86-48-45-31(91-60(92-45)51-50(77-19-78-51)59(72,26(8)63)27(9)90-60)18-76-55(48)88-56-47(75-13)39(68)44(30(82-56)17-73-11)87-54-40(69)46(43(74-12)23(5)81-54)84-33-16-57(10)49(25(7)80-33)93-58(94-57)15-29(65)42(24(6)89-58)83-32-14-28(64)41(22(4)79-32)85-53(71)34-21(3)35(61)38(67)36(62)37(34)66/h20,22-33,39-51,54-56,63-69,72H,14-19H2,1-13H3/t22-,23-,24-,25-,26?,27-,28-,29-,30-,31+,32+,33+,39+,40-,41-,42-,43+,44-,45-,46-,47+,48-,49-,50-,51-,54+,55+,56+,57-,58?,59+,60-/m1/s1. The number of fused-ring (bicyclic) bond motifs is 4. The number of methoxy groups -OCH3 is 3. The van der Waals surface area contributed by atoms with Crippen molar-refractivity contribution in [2.75, 3.05) is 41.3 Å². The largest absolute Gasteiger partial charge is 0.505 e. The minimum Gasteiger partial charge on any atom is -0.505 e. The molecule has 2 spiro atoms. The van der Waals surface area contributed by atoms with Gasteiger partial charge in [0.05, 0.1) is 79.4 Å². The van der Waals surface area contributed by atoms with Gasteiger partial charge in [-0.25, -0.2) is 4.79 Å². The third-order valence-corrected chi connectivity index (χ3v) is 20.2. The normalized spacial score (nSPS) is 48.1. The van der Waals surface area contributed by atoms with Gasteiger partial charge in [-0.15, -0.1) is 0 Å². The number of ether oxygens (including phenoxy) is 22. The molecule has 11 rings (SSSR count). The van der Waals surface area contributed by atoms with E-state index in [1.54, 1.807) is 41.5 Å². The number of carbonyl (C=O) groups is 2. The van der Waals surface area contributed by atoms with Crippen molar-refractivity contribution in [1.29, 1.82) is 0 Å². The summed E-state index contributed by atoms with van der Waals surface area (Å²) in [5, 5.41) is 89.7. The quantitative estimate of drug-likeness (QED) is 0.0987. The average Bonchev–Trinajstić information content (AvgIpc) is 1.53. The summed E-state index contributed by atoms with van der Waals surface area (Å²) in [5.74, 6) is -7.60. The molecule has 0 amide bonds. The number of hydrogen-bond acceptors (Lipinski definition) is 32. The highest BCUT2D eigenvalue weighted by Gasteiger charge is 2.73. The number of carbonyl (C=O) groups excluding carboxylic acids is 2. The predicted octanol–water partition coefficient (Wildman–Crippen LogP) is 0.541. The second kappa shape index (κ2) is 28.0. The highest BCUT2D eigenvalue weighted by molar-refractivity contribution is 6.39. The second-order valence-electron chi connectivity index (χ2n) is 26.2. The van der Waals surface area contributed by atoms with Crippen LogP contribution in [0.25, 0.3) is 0 Å². The van der Waals surface area contributed by atoms with E-state index >= 15 is 0 Å². The fraction of sp³-hybridized carbons (Fsp3) is 0.867. The Hall–Kier alpha value is -2.70. The maximum Gasteiger partial charge on any atom is 0.342 e. The number of phenolic OH excluding ortho intramolecular Hbond substituents is 2. The molecule has 1 aromatic carbocycles. The lowest BCUT2D eigenvalue weighted by Crippen LogP contribution is -2.72. The van der Waals surface area contributed by atoms with Gasteiger partial charge in [-0.3, -0.25) is 4.79 Å². The summed E-state index contributed by atoms with van der Waals surface area (Å²) in [6, 6.07) is 0. The monoisotopic (exact) mass is 1390 g/mol. The van der Waals surface area contributed by atoms with Crippen molar-refractivity contribution in [2.24, 2.45) is 5.92 Å². The second-order valence-corrected chi connectivity index (χ2v) is 27.0. The first-order chi connectivity index (χ1) is 44.3. The molecule has 0 saturated carbocycles. The maximum absolute atomic E-state index is 13.5. The number of aliphatic hydroxyl groups excluding tert-OH is 5. The van der Waals surface area contributed by atoms with E-state index in [1.165, 1.54) is 49.0 Å². The minimum absolute atomic E-state index is 0.00130. The van der Waals surface area contributed by atoms with Crippen LogP contribution in [0.3, 0.4) is 0 Å². The summed E-state index contributed by atoms with van der Waals surface area (Å²) in [4.78, 5) is 26.8. The van der Waals surface area contributed by atoms with Gasteiger partial charge < -0.3 is 145 Å². The fourth-order valence-corrected chi connectivity index (χ4v) is 14.9. The van der Waals surface area contributed by atoms with Crippen LogP contribution >= 0.6 is 23.2 Å². The molecule has 1 aromatic rings. The third kappa shape index (κ3) is 13.1. The molecule has 0 radical (unpaired) electrons. The van der Waals surface area contributed by atoms with E-state index < -0.39 is 235 Å². The molecule has 8 N–H and O–H groups in total. The summed E-state index contributed by atoms with van der Waals surface area (Å²) in [6.45, 7) is 15.2. The SMILES string of the molecule is COC[C@H]1O[C@@H](O[C@@H]2OC[C@@H]3O[C@]4(O[C@H]3[C@H]2OC(=O)C(C)C)O[C@H](C)[C@@](O)(C(C)O)[C@@H]2OCO[C@H]24)[C@@H](OC)[C@@H](O)[C@@H]1O[C@@H]1O[C@H](C)[C@H](OC)[C@H](O[C@H]2C[C@@]3(C)OC4(C[C@@H](O)[C@H](O[C@H]5C[C@@H](O)[C@H](OC(=O)c6c(C)c(Cl)c(O)c(Cl)c6O)[C@@H](C)O5)[C@@H](C)O4)O[C@@H]3[C@@H](C)O2)[C@H]1O. The molecule has 10 aliphatic rings. The molecule has 34 heteroatoms. The Kier molecular flexibility index (Phi) is 21.6. The van der Waals surface area contributed by atoms with Crippen LogP contribution in [0.1, 0.15) is 97.5 Å². The van der Waals surface area contributed by atoms with Crippen molar-refractivity contribution < 1.29 is 155 Å². The smallest absolute Gasteiger partial charge is 0.342 e. The van der Waals surface area contributed by atoms with E-state index in [9.17, 15) is 50.4 Å². The zero-order valence-corrected chi connectivity index (χ0v) is 55.6. The molecule has 32 nitrogen and oxygen atoms in total. The molecule has 2 unspecified atom stereocenters. The lowest BCUT2D eigenvalue weighted by atomic mass is 9.80. The Balaban J connectivity index is 0.723. The number of hydrogen-bond donors (Lipinski definition) is 8. The first kappa shape index (κ1) is 72.5. The van der Waals surface area contributed by atoms with Gasteiger partial charge in [-0.2, -0.15) is 0 Å². The van der Waals surface area contributed by atoms with E-state index in [4.69, 9.17) is 127 Å². The molecular weight excluding hydrogens is 1300 g/mol.